The molecular weight excluding hydrogens is 236 g/mol. The third-order valence-corrected chi connectivity index (χ3v) is 5.50. The number of rotatable bonds is 5. The molecule has 0 spiro atoms. The highest BCUT2D eigenvalue weighted by Gasteiger charge is 2.38. The zero-order chi connectivity index (χ0) is 13.9. The van der Waals surface area contributed by atoms with Crippen LogP contribution in [0.2, 0.25) is 0 Å². The topological polar surface area (TPSA) is 35.7 Å². The Hall–Kier alpha value is -0.160. The normalized spacial score (nSPS) is 29.2. The van der Waals surface area contributed by atoms with Crippen LogP contribution < -0.4 is 5.73 Å². The minimum absolute atomic E-state index is 0.245. The van der Waals surface area contributed by atoms with Gasteiger partial charge in [0.25, 0.3) is 0 Å². The molecule has 19 heavy (non-hydrogen) atoms. The highest BCUT2D eigenvalue weighted by Crippen LogP contribution is 2.28. The zero-order valence-corrected chi connectivity index (χ0v) is 13.1. The Morgan fingerprint density at radius 2 is 1.95 bits per heavy atom. The summed E-state index contributed by atoms with van der Waals surface area (Å²) < 4.78 is 0. The molecule has 112 valence electrons. The van der Waals surface area contributed by atoms with Gasteiger partial charge in [0.2, 0.25) is 0 Å². The minimum atomic E-state index is 0.245. The summed E-state index contributed by atoms with van der Waals surface area (Å²) in [6, 6.07) is 0.748. The van der Waals surface area contributed by atoms with Crippen LogP contribution in [0.15, 0.2) is 0 Å². The molecule has 2 fully saturated rings. The van der Waals surface area contributed by atoms with Crippen LogP contribution in [0.1, 0.15) is 32.6 Å². The number of nitrogens with two attached hydrogens (primary N) is 1. The van der Waals surface area contributed by atoms with Crippen LogP contribution in [0.3, 0.4) is 0 Å². The Bertz CT molecular complexity index is 273. The minimum Gasteiger partial charge on any atom is -0.329 e. The van der Waals surface area contributed by atoms with Gasteiger partial charge in [-0.15, -0.1) is 0 Å². The van der Waals surface area contributed by atoms with Crippen molar-refractivity contribution in [1.29, 1.82) is 0 Å². The third kappa shape index (κ3) is 3.30. The van der Waals surface area contributed by atoms with Crippen LogP contribution in [-0.4, -0.2) is 79.6 Å². The molecule has 0 aliphatic carbocycles. The summed E-state index contributed by atoms with van der Waals surface area (Å²) in [6.45, 7) is 9.12. The lowest BCUT2D eigenvalue weighted by Gasteiger charge is -2.47. The van der Waals surface area contributed by atoms with Gasteiger partial charge in [0.1, 0.15) is 0 Å². The van der Waals surface area contributed by atoms with E-state index in [1.54, 1.807) is 0 Å². The fourth-order valence-corrected chi connectivity index (χ4v) is 3.80. The summed E-state index contributed by atoms with van der Waals surface area (Å²) in [7, 11) is 4.51. The van der Waals surface area contributed by atoms with E-state index in [2.05, 4.69) is 35.7 Å². The van der Waals surface area contributed by atoms with Crippen molar-refractivity contribution in [2.24, 2.45) is 5.73 Å². The van der Waals surface area contributed by atoms with E-state index in [4.69, 9.17) is 5.73 Å². The Kier molecular flexibility index (Phi) is 5.23. The van der Waals surface area contributed by atoms with Crippen LogP contribution >= 0.6 is 0 Å². The molecule has 1 atom stereocenters. The Morgan fingerprint density at radius 1 is 1.26 bits per heavy atom. The van der Waals surface area contributed by atoms with Crippen molar-refractivity contribution in [3.63, 3.8) is 0 Å². The summed E-state index contributed by atoms with van der Waals surface area (Å²) in [4.78, 5) is 7.64. The Labute approximate surface area is 118 Å². The molecule has 0 aromatic rings. The molecule has 2 N–H and O–H groups in total. The zero-order valence-electron chi connectivity index (χ0n) is 13.1. The molecule has 2 heterocycles. The number of likely N-dealkylation sites (tertiary alicyclic amines) is 2. The van der Waals surface area contributed by atoms with E-state index in [1.807, 2.05) is 0 Å². The highest BCUT2D eigenvalue weighted by atomic mass is 15.3. The number of piperidine rings is 1. The van der Waals surface area contributed by atoms with Crippen molar-refractivity contribution in [3.8, 4) is 0 Å². The average Bonchev–Trinajstić information content (AvgIpc) is 2.87. The summed E-state index contributed by atoms with van der Waals surface area (Å²) >= 11 is 0. The molecule has 2 saturated heterocycles. The molecule has 4 nitrogen and oxygen atoms in total. The maximum atomic E-state index is 6.15. The van der Waals surface area contributed by atoms with Gasteiger partial charge in [-0.2, -0.15) is 0 Å². The summed E-state index contributed by atoms with van der Waals surface area (Å²) in [5.41, 5.74) is 6.40. The monoisotopic (exact) mass is 268 g/mol. The second-order valence-electron chi connectivity index (χ2n) is 6.54. The van der Waals surface area contributed by atoms with E-state index in [9.17, 15) is 0 Å². The van der Waals surface area contributed by atoms with Crippen molar-refractivity contribution < 1.29 is 0 Å². The van der Waals surface area contributed by atoms with Crippen LogP contribution in [0.25, 0.3) is 0 Å². The molecule has 0 amide bonds. The number of hydrogen-bond donors (Lipinski definition) is 1. The van der Waals surface area contributed by atoms with Crippen LogP contribution in [0.4, 0.5) is 0 Å². The molecule has 0 aromatic heterocycles. The maximum Gasteiger partial charge on any atom is 0.0353 e. The lowest BCUT2D eigenvalue weighted by molar-refractivity contribution is 0.0370. The number of hydrogen-bond acceptors (Lipinski definition) is 4. The van der Waals surface area contributed by atoms with E-state index in [-0.39, 0.29) is 5.54 Å². The standard InChI is InChI=1S/C15H32N4/c1-4-19-9-5-6-14(19)12-18(3)15(13-16)7-10-17(2)11-8-15/h14H,4-13,16H2,1-3H3. The molecule has 4 heteroatoms. The SMILES string of the molecule is CCN1CCCC1CN(C)C1(CN)CCN(C)CC1. The van der Waals surface area contributed by atoms with Gasteiger partial charge in [0.15, 0.2) is 0 Å². The summed E-state index contributed by atoms with van der Waals surface area (Å²) in [5.74, 6) is 0. The van der Waals surface area contributed by atoms with E-state index >= 15 is 0 Å². The predicted octanol–water partition coefficient (Wildman–Crippen LogP) is 0.826. The molecule has 2 aliphatic heterocycles. The van der Waals surface area contributed by atoms with Gasteiger partial charge in [-0.05, 0) is 66.0 Å². The van der Waals surface area contributed by atoms with Gasteiger partial charge in [-0.3, -0.25) is 9.80 Å². The van der Waals surface area contributed by atoms with Crippen molar-refractivity contribution in [2.45, 2.75) is 44.2 Å². The van der Waals surface area contributed by atoms with E-state index in [1.165, 1.54) is 58.4 Å². The molecule has 0 aromatic carbocycles. The fourth-order valence-electron chi connectivity index (χ4n) is 3.80. The first-order chi connectivity index (χ1) is 9.11. The van der Waals surface area contributed by atoms with Gasteiger partial charge in [0, 0.05) is 24.7 Å². The Balaban J connectivity index is 1.95. The van der Waals surface area contributed by atoms with Crippen molar-refractivity contribution in [3.05, 3.63) is 0 Å². The second-order valence-corrected chi connectivity index (χ2v) is 6.54. The first-order valence-corrected chi connectivity index (χ1v) is 7.95. The Morgan fingerprint density at radius 3 is 2.53 bits per heavy atom. The third-order valence-electron chi connectivity index (χ3n) is 5.50. The molecule has 0 bridgehead atoms. The van der Waals surface area contributed by atoms with Gasteiger partial charge < -0.3 is 10.6 Å². The smallest absolute Gasteiger partial charge is 0.0353 e. The molecular formula is C15H32N4. The first kappa shape index (κ1) is 15.2. The molecule has 0 saturated carbocycles. The van der Waals surface area contributed by atoms with Gasteiger partial charge in [0.05, 0.1) is 0 Å². The molecule has 0 radical (unpaired) electrons. The molecule has 2 aliphatic rings. The largest absolute Gasteiger partial charge is 0.329 e. The highest BCUT2D eigenvalue weighted by molar-refractivity contribution is 4.96. The van der Waals surface area contributed by atoms with Crippen molar-refractivity contribution in [2.75, 3.05) is 53.4 Å². The lowest BCUT2D eigenvalue weighted by atomic mass is 9.85. The summed E-state index contributed by atoms with van der Waals surface area (Å²) in [5, 5.41) is 0. The van der Waals surface area contributed by atoms with Gasteiger partial charge in [-0.1, -0.05) is 6.92 Å². The lowest BCUT2D eigenvalue weighted by Crippen LogP contribution is -2.59. The van der Waals surface area contributed by atoms with Gasteiger partial charge in [-0.25, -0.2) is 0 Å². The number of likely N-dealkylation sites (N-methyl/N-ethyl adjacent to an activating group) is 2. The van der Waals surface area contributed by atoms with E-state index in [0.29, 0.717) is 0 Å². The maximum absolute atomic E-state index is 6.15. The van der Waals surface area contributed by atoms with Gasteiger partial charge >= 0.3 is 0 Å². The quantitative estimate of drug-likeness (QED) is 0.801. The average molecular weight is 268 g/mol. The van der Waals surface area contributed by atoms with Crippen LogP contribution in [0, 0.1) is 0 Å². The fraction of sp³-hybridized carbons (Fsp3) is 1.00. The molecule has 1 unspecified atom stereocenters. The predicted molar refractivity (Wildman–Crippen MR) is 81.4 cm³/mol. The second kappa shape index (κ2) is 6.53. The number of nitrogens with zero attached hydrogens (tertiary/aromatic N) is 3. The van der Waals surface area contributed by atoms with E-state index in [0.717, 1.165) is 12.6 Å². The summed E-state index contributed by atoms with van der Waals surface area (Å²) in [6.07, 6.45) is 5.16. The first-order valence-electron chi connectivity index (χ1n) is 7.95. The van der Waals surface area contributed by atoms with E-state index < -0.39 is 0 Å². The van der Waals surface area contributed by atoms with Crippen LogP contribution in [-0.2, 0) is 0 Å². The molecule has 2 rings (SSSR count). The van der Waals surface area contributed by atoms with Crippen LogP contribution in [0.5, 0.6) is 0 Å². The van der Waals surface area contributed by atoms with Crippen molar-refractivity contribution in [1.82, 2.24) is 14.7 Å². The van der Waals surface area contributed by atoms with Crippen molar-refractivity contribution >= 4 is 0 Å².